The van der Waals surface area contributed by atoms with Gasteiger partial charge in [0.05, 0.1) is 0 Å². The van der Waals surface area contributed by atoms with Crippen molar-refractivity contribution in [2.75, 3.05) is 13.6 Å². The van der Waals surface area contributed by atoms with Gasteiger partial charge in [0, 0.05) is 15.5 Å². The molecule has 3 heteroatoms. The summed E-state index contributed by atoms with van der Waals surface area (Å²) < 4.78 is 0. The van der Waals surface area contributed by atoms with Crippen molar-refractivity contribution in [3.8, 4) is 10.4 Å². The third kappa shape index (κ3) is 2.77. The first-order chi connectivity index (χ1) is 8.63. The predicted octanol–water partition coefficient (Wildman–Crippen LogP) is 4.45. The Balaban J connectivity index is 2.53. The van der Waals surface area contributed by atoms with E-state index in [9.17, 15) is 0 Å². The van der Waals surface area contributed by atoms with Gasteiger partial charge in [0.25, 0.3) is 0 Å². The Morgan fingerprint density at radius 3 is 2.67 bits per heavy atom. The standard InChI is InChI=1S/C15H18ClNS/c1-10-8-14(18-9-10)15-12(6-7-17-3)11(2)4-5-13(15)16/h4-5,8-9,17H,6-7H2,1-3H3. The molecule has 1 aromatic carbocycles. The maximum absolute atomic E-state index is 6.41. The monoisotopic (exact) mass is 279 g/mol. The number of likely N-dealkylation sites (N-methyl/N-ethyl adjacent to an activating group) is 1. The number of thiophene rings is 1. The average Bonchev–Trinajstić information content (AvgIpc) is 2.76. The van der Waals surface area contributed by atoms with E-state index in [0.29, 0.717) is 0 Å². The molecule has 0 aliphatic carbocycles. The molecular formula is C15H18ClNS. The summed E-state index contributed by atoms with van der Waals surface area (Å²) in [6.07, 6.45) is 1.01. The van der Waals surface area contributed by atoms with Crippen LogP contribution in [-0.2, 0) is 6.42 Å². The number of hydrogen-bond acceptors (Lipinski definition) is 2. The van der Waals surface area contributed by atoms with E-state index in [4.69, 9.17) is 11.6 Å². The first-order valence-electron chi connectivity index (χ1n) is 6.11. The first-order valence-corrected chi connectivity index (χ1v) is 7.37. The highest BCUT2D eigenvalue weighted by molar-refractivity contribution is 7.13. The van der Waals surface area contributed by atoms with Gasteiger partial charge in [-0.2, -0.15) is 0 Å². The van der Waals surface area contributed by atoms with Gasteiger partial charge < -0.3 is 5.32 Å². The summed E-state index contributed by atoms with van der Waals surface area (Å²) in [6.45, 7) is 5.25. The minimum Gasteiger partial charge on any atom is -0.319 e. The van der Waals surface area contributed by atoms with Crippen molar-refractivity contribution in [3.05, 3.63) is 45.3 Å². The van der Waals surface area contributed by atoms with Gasteiger partial charge in [-0.3, -0.25) is 0 Å². The molecule has 1 nitrogen and oxygen atoms in total. The molecule has 0 spiro atoms. The zero-order chi connectivity index (χ0) is 13.1. The van der Waals surface area contributed by atoms with E-state index in [0.717, 1.165) is 18.0 Å². The van der Waals surface area contributed by atoms with E-state index in [1.165, 1.54) is 27.1 Å². The highest BCUT2D eigenvalue weighted by Crippen LogP contribution is 2.37. The van der Waals surface area contributed by atoms with E-state index >= 15 is 0 Å². The Kier molecular flexibility index (Phi) is 4.44. The fourth-order valence-corrected chi connectivity index (χ4v) is 3.45. The first kappa shape index (κ1) is 13.6. The van der Waals surface area contributed by atoms with Gasteiger partial charge in [0.1, 0.15) is 0 Å². The normalized spacial score (nSPS) is 10.9. The Hall–Kier alpha value is -0.830. The molecule has 0 fully saturated rings. The molecule has 0 unspecified atom stereocenters. The summed E-state index contributed by atoms with van der Waals surface area (Å²) in [4.78, 5) is 1.27. The van der Waals surface area contributed by atoms with Crippen LogP contribution in [0.4, 0.5) is 0 Å². The topological polar surface area (TPSA) is 12.0 Å². The Morgan fingerprint density at radius 1 is 1.28 bits per heavy atom. The zero-order valence-electron chi connectivity index (χ0n) is 11.0. The number of hydrogen-bond donors (Lipinski definition) is 1. The molecule has 18 heavy (non-hydrogen) atoms. The molecule has 0 saturated carbocycles. The molecule has 2 rings (SSSR count). The summed E-state index contributed by atoms with van der Waals surface area (Å²) in [6, 6.07) is 6.33. The highest BCUT2D eigenvalue weighted by Gasteiger charge is 2.13. The van der Waals surface area contributed by atoms with Crippen molar-refractivity contribution in [1.82, 2.24) is 5.32 Å². The number of nitrogens with one attached hydrogen (secondary N) is 1. The maximum atomic E-state index is 6.41. The number of rotatable bonds is 4. The molecule has 0 aliphatic heterocycles. The molecule has 0 saturated heterocycles. The molecule has 0 aliphatic rings. The van der Waals surface area contributed by atoms with Gasteiger partial charge in [-0.05, 0) is 68.1 Å². The summed E-state index contributed by atoms with van der Waals surface area (Å²) in [5, 5.41) is 6.24. The van der Waals surface area contributed by atoms with Crippen molar-refractivity contribution >= 4 is 22.9 Å². The van der Waals surface area contributed by atoms with Crippen molar-refractivity contribution < 1.29 is 0 Å². The molecule has 2 aromatic rings. The largest absolute Gasteiger partial charge is 0.319 e. The van der Waals surface area contributed by atoms with E-state index in [1.807, 2.05) is 13.1 Å². The van der Waals surface area contributed by atoms with Gasteiger partial charge in [0.2, 0.25) is 0 Å². The van der Waals surface area contributed by atoms with Crippen LogP contribution in [0.2, 0.25) is 5.02 Å². The SMILES string of the molecule is CNCCc1c(C)ccc(Cl)c1-c1cc(C)cs1. The fourth-order valence-electron chi connectivity index (χ4n) is 2.12. The van der Waals surface area contributed by atoms with E-state index in [1.54, 1.807) is 11.3 Å². The second-order valence-corrected chi connectivity index (χ2v) is 5.88. The van der Waals surface area contributed by atoms with Crippen molar-refractivity contribution in [2.45, 2.75) is 20.3 Å². The van der Waals surface area contributed by atoms with Crippen LogP contribution in [0, 0.1) is 13.8 Å². The predicted molar refractivity (Wildman–Crippen MR) is 81.9 cm³/mol. The molecule has 1 aromatic heterocycles. The van der Waals surface area contributed by atoms with Crippen LogP contribution in [0.15, 0.2) is 23.6 Å². The molecule has 0 bridgehead atoms. The Morgan fingerprint density at radius 2 is 2.06 bits per heavy atom. The molecule has 0 radical (unpaired) electrons. The average molecular weight is 280 g/mol. The second-order valence-electron chi connectivity index (χ2n) is 4.56. The van der Waals surface area contributed by atoms with E-state index < -0.39 is 0 Å². The quantitative estimate of drug-likeness (QED) is 0.872. The van der Waals surface area contributed by atoms with Crippen molar-refractivity contribution in [3.63, 3.8) is 0 Å². The molecule has 96 valence electrons. The lowest BCUT2D eigenvalue weighted by Gasteiger charge is -2.13. The Bertz CT molecular complexity index is 545. The third-order valence-corrected chi connectivity index (χ3v) is 4.48. The summed E-state index contributed by atoms with van der Waals surface area (Å²) >= 11 is 8.18. The van der Waals surface area contributed by atoms with Crippen LogP contribution in [0.5, 0.6) is 0 Å². The van der Waals surface area contributed by atoms with Gasteiger partial charge in [-0.15, -0.1) is 11.3 Å². The zero-order valence-corrected chi connectivity index (χ0v) is 12.6. The minimum atomic E-state index is 0.855. The Labute approximate surface area is 118 Å². The molecule has 1 N–H and O–H groups in total. The summed E-state index contributed by atoms with van der Waals surface area (Å²) in [5.41, 5.74) is 5.19. The molecule has 1 heterocycles. The van der Waals surface area contributed by atoms with E-state index in [2.05, 4.69) is 36.7 Å². The summed E-state index contributed by atoms with van der Waals surface area (Å²) in [7, 11) is 1.98. The van der Waals surface area contributed by atoms with Crippen LogP contribution < -0.4 is 5.32 Å². The lowest BCUT2D eigenvalue weighted by molar-refractivity contribution is 0.790. The van der Waals surface area contributed by atoms with Crippen molar-refractivity contribution in [1.29, 1.82) is 0 Å². The van der Waals surface area contributed by atoms with E-state index in [-0.39, 0.29) is 0 Å². The van der Waals surface area contributed by atoms with Crippen LogP contribution in [0.1, 0.15) is 16.7 Å². The van der Waals surface area contributed by atoms with Crippen LogP contribution in [0.25, 0.3) is 10.4 Å². The number of benzene rings is 1. The highest BCUT2D eigenvalue weighted by atomic mass is 35.5. The number of aryl methyl sites for hydroxylation is 2. The lowest BCUT2D eigenvalue weighted by atomic mass is 9.97. The smallest absolute Gasteiger partial charge is 0.0495 e. The molecular weight excluding hydrogens is 262 g/mol. The number of halogens is 1. The van der Waals surface area contributed by atoms with Gasteiger partial charge in [-0.1, -0.05) is 17.7 Å². The molecule has 0 atom stereocenters. The van der Waals surface area contributed by atoms with Crippen molar-refractivity contribution in [2.24, 2.45) is 0 Å². The van der Waals surface area contributed by atoms with Gasteiger partial charge in [0.15, 0.2) is 0 Å². The lowest BCUT2D eigenvalue weighted by Crippen LogP contribution is -2.11. The van der Waals surface area contributed by atoms with Gasteiger partial charge >= 0.3 is 0 Å². The van der Waals surface area contributed by atoms with Gasteiger partial charge in [-0.25, -0.2) is 0 Å². The maximum Gasteiger partial charge on any atom is 0.0495 e. The second kappa shape index (κ2) is 5.87. The summed E-state index contributed by atoms with van der Waals surface area (Å²) in [5.74, 6) is 0. The van der Waals surface area contributed by atoms with Crippen LogP contribution in [-0.4, -0.2) is 13.6 Å². The van der Waals surface area contributed by atoms with Crippen LogP contribution >= 0.6 is 22.9 Å². The van der Waals surface area contributed by atoms with Crippen LogP contribution in [0.3, 0.4) is 0 Å². The fraction of sp³-hybridized carbons (Fsp3) is 0.333. The minimum absolute atomic E-state index is 0.855. The molecule has 0 amide bonds. The third-order valence-electron chi connectivity index (χ3n) is 3.10.